The van der Waals surface area contributed by atoms with Gasteiger partial charge >= 0.3 is 0 Å². The molecule has 36 heavy (non-hydrogen) atoms. The minimum absolute atomic E-state index is 0.0223. The first-order valence-corrected chi connectivity index (χ1v) is 12.9. The number of amides is 1. The highest BCUT2D eigenvalue weighted by Crippen LogP contribution is 2.24. The number of hydrogen-bond donors (Lipinski definition) is 3. The summed E-state index contributed by atoms with van der Waals surface area (Å²) in [5.74, 6) is 0.532. The van der Waals surface area contributed by atoms with E-state index in [1.807, 2.05) is 30.3 Å². The standard InChI is InChI=1S/C28H35N7O/c1-34-18-13-22(14-19-34)30-20-27(36)31-23-6-4-21(5-7-23)26-12-15-29-28(33-26)32-24-8-10-25(11-9-24)35-16-2-3-17-35/h4-12,15,22,30H,2-3,13-14,16-20H2,1H3,(H,31,36)(H,29,32,33). The Morgan fingerprint density at radius 2 is 1.61 bits per heavy atom. The van der Waals surface area contributed by atoms with Gasteiger partial charge in [-0.2, -0.15) is 0 Å². The lowest BCUT2D eigenvalue weighted by atomic mass is 10.1. The molecule has 1 aromatic heterocycles. The molecule has 2 aromatic carbocycles. The normalized spacial score (nSPS) is 16.8. The molecular weight excluding hydrogens is 450 g/mol. The van der Waals surface area contributed by atoms with Crippen LogP contribution in [0.4, 0.5) is 23.0 Å². The van der Waals surface area contributed by atoms with E-state index in [0.717, 1.165) is 61.7 Å². The van der Waals surface area contributed by atoms with Gasteiger partial charge in [0, 0.05) is 48.0 Å². The second-order valence-electron chi connectivity index (χ2n) is 9.72. The topological polar surface area (TPSA) is 85.4 Å². The highest BCUT2D eigenvalue weighted by molar-refractivity contribution is 5.92. The molecule has 0 atom stereocenters. The first-order chi connectivity index (χ1) is 17.6. The van der Waals surface area contributed by atoms with E-state index in [2.05, 4.69) is 67.0 Å². The van der Waals surface area contributed by atoms with Crippen LogP contribution in [0, 0.1) is 0 Å². The Balaban J connectivity index is 1.14. The SMILES string of the molecule is CN1CCC(NCC(=O)Nc2ccc(-c3ccnc(Nc4ccc(N5CCCC5)cc4)n3)cc2)CC1. The van der Waals surface area contributed by atoms with Crippen molar-refractivity contribution < 1.29 is 4.79 Å². The number of nitrogens with zero attached hydrogens (tertiary/aromatic N) is 4. The van der Waals surface area contributed by atoms with Gasteiger partial charge in [-0.05, 0) is 88.3 Å². The Kier molecular flexibility index (Phi) is 7.73. The van der Waals surface area contributed by atoms with E-state index in [9.17, 15) is 4.79 Å². The number of anilines is 4. The lowest BCUT2D eigenvalue weighted by molar-refractivity contribution is -0.115. The van der Waals surface area contributed by atoms with Crippen molar-refractivity contribution in [2.24, 2.45) is 0 Å². The third kappa shape index (κ3) is 6.38. The average molecular weight is 486 g/mol. The van der Waals surface area contributed by atoms with Crippen LogP contribution in [0.2, 0.25) is 0 Å². The van der Waals surface area contributed by atoms with Gasteiger partial charge in [-0.25, -0.2) is 9.97 Å². The molecule has 0 radical (unpaired) electrons. The van der Waals surface area contributed by atoms with Crippen LogP contribution in [0.1, 0.15) is 25.7 Å². The van der Waals surface area contributed by atoms with Gasteiger partial charge in [0.2, 0.25) is 11.9 Å². The maximum Gasteiger partial charge on any atom is 0.238 e. The molecule has 3 N–H and O–H groups in total. The minimum atomic E-state index is -0.0223. The number of piperidine rings is 1. The number of carbonyl (C=O) groups is 1. The van der Waals surface area contributed by atoms with Crippen LogP contribution in [0.25, 0.3) is 11.3 Å². The zero-order chi connectivity index (χ0) is 24.7. The molecule has 0 saturated carbocycles. The van der Waals surface area contributed by atoms with Crippen LogP contribution < -0.4 is 20.9 Å². The molecule has 0 spiro atoms. The largest absolute Gasteiger partial charge is 0.372 e. The van der Waals surface area contributed by atoms with Gasteiger partial charge in [-0.3, -0.25) is 4.79 Å². The predicted molar refractivity (Wildman–Crippen MR) is 146 cm³/mol. The molecule has 2 saturated heterocycles. The first-order valence-electron chi connectivity index (χ1n) is 12.9. The van der Waals surface area contributed by atoms with Gasteiger partial charge < -0.3 is 25.8 Å². The molecule has 3 aromatic rings. The van der Waals surface area contributed by atoms with E-state index in [4.69, 9.17) is 0 Å². The van der Waals surface area contributed by atoms with Crippen LogP contribution in [0.3, 0.4) is 0 Å². The highest BCUT2D eigenvalue weighted by Gasteiger charge is 2.17. The third-order valence-electron chi connectivity index (χ3n) is 6.98. The Bertz CT molecular complexity index is 1140. The van der Waals surface area contributed by atoms with Crippen LogP contribution in [0.5, 0.6) is 0 Å². The van der Waals surface area contributed by atoms with Gasteiger partial charge in [0.15, 0.2) is 0 Å². The maximum absolute atomic E-state index is 12.4. The fraction of sp³-hybridized carbons (Fsp3) is 0.393. The fourth-order valence-electron chi connectivity index (χ4n) is 4.82. The molecule has 0 bridgehead atoms. The van der Waals surface area contributed by atoms with Crippen molar-refractivity contribution in [1.82, 2.24) is 20.2 Å². The number of nitrogens with one attached hydrogen (secondary N) is 3. The number of likely N-dealkylation sites (tertiary alicyclic amines) is 1. The molecule has 188 valence electrons. The molecule has 3 heterocycles. The van der Waals surface area contributed by atoms with E-state index in [-0.39, 0.29) is 5.91 Å². The van der Waals surface area contributed by atoms with Crippen molar-refractivity contribution in [2.45, 2.75) is 31.7 Å². The fourth-order valence-corrected chi connectivity index (χ4v) is 4.82. The number of rotatable bonds is 8. The summed E-state index contributed by atoms with van der Waals surface area (Å²) in [5.41, 5.74) is 4.79. The van der Waals surface area contributed by atoms with Crippen LogP contribution in [-0.2, 0) is 4.79 Å². The molecule has 2 aliphatic heterocycles. The Morgan fingerprint density at radius 1 is 0.917 bits per heavy atom. The summed E-state index contributed by atoms with van der Waals surface area (Å²) >= 11 is 0. The maximum atomic E-state index is 12.4. The van der Waals surface area contributed by atoms with Gasteiger partial charge in [0.25, 0.3) is 0 Å². The van der Waals surface area contributed by atoms with Crippen molar-refractivity contribution in [1.29, 1.82) is 0 Å². The lowest BCUT2D eigenvalue weighted by Crippen LogP contribution is -2.43. The zero-order valence-electron chi connectivity index (χ0n) is 20.9. The van der Waals surface area contributed by atoms with E-state index in [0.29, 0.717) is 18.5 Å². The van der Waals surface area contributed by atoms with Crippen molar-refractivity contribution in [3.8, 4) is 11.3 Å². The monoisotopic (exact) mass is 485 g/mol. The molecule has 8 heteroatoms. The zero-order valence-corrected chi connectivity index (χ0v) is 20.9. The number of benzene rings is 2. The quantitative estimate of drug-likeness (QED) is 0.443. The molecule has 8 nitrogen and oxygen atoms in total. The van der Waals surface area contributed by atoms with Crippen molar-refractivity contribution in [3.05, 3.63) is 60.8 Å². The average Bonchev–Trinajstić information content (AvgIpc) is 3.45. The number of carbonyl (C=O) groups excluding carboxylic acids is 1. The van der Waals surface area contributed by atoms with E-state index >= 15 is 0 Å². The molecule has 0 aliphatic carbocycles. The first kappa shape index (κ1) is 24.2. The molecular formula is C28H35N7O. The summed E-state index contributed by atoms with van der Waals surface area (Å²) in [5, 5.41) is 9.66. The van der Waals surface area contributed by atoms with Gasteiger partial charge in [0.05, 0.1) is 12.2 Å². The molecule has 1 amide bonds. The van der Waals surface area contributed by atoms with Crippen LogP contribution in [0.15, 0.2) is 60.8 Å². The molecule has 5 rings (SSSR count). The minimum Gasteiger partial charge on any atom is -0.372 e. The van der Waals surface area contributed by atoms with E-state index in [1.54, 1.807) is 6.20 Å². The second-order valence-corrected chi connectivity index (χ2v) is 9.72. The Labute approximate surface area is 213 Å². The van der Waals surface area contributed by atoms with Crippen molar-refractivity contribution >= 4 is 28.9 Å². The van der Waals surface area contributed by atoms with Gasteiger partial charge in [0.1, 0.15) is 0 Å². The predicted octanol–water partition coefficient (Wildman–Crippen LogP) is 4.11. The van der Waals surface area contributed by atoms with Crippen molar-refractivity contribution in [3.63, 3.8) is 0 Å². The lowest BCUT2D eigenvalue weighted by Gasteiger charge is -2.29. The molecule has 2 aliphatic rings. The Morgan fingerprint density at radius 3 is 2.33 bits per heavy atom. The third-order valence-corrected chi connectivity index (χ3v) is 6.98. The summed E-state index contributed by atoms with van der Waals surface area (Å²) in [4.78, 5) is 26.2. The number of aromatic nitrogens is 2. The summed E-state index contributed by atoms with van der Waals surface area (Å²) in [6.07, 6.45) is 6.46. The summed E-state index contributed by atoms with van der Waals surface area (Å²) in [7, 11) is 2.14. The van der Waals surface area contributed by atoms with Crippen LogP contribution >= 0.6 is 0 Å². The van der Waals surface area contributed by atoms with E-state index < -0.39 is 0 Å². The van der Waals surface area contributed by atoms with Crippen LogP contribution in [-0.4, -0.2) is 66.6 Å². The highest BCUT2D eigenvalue weighted by atomic mass is 16.1. The van der Waals surface area contributed by atoms with Crippen molar-refractivity contribution in [2.75, 3.05) is 55.3 Å². The second kappa shape index (κ2) is 11.5. The smallest absolute Gasteiger partial charge is 0.238 e. The van der Waals surface area contributed by atoms with E-state index in [1.165, 1.54) is 18.5 Å². The number of hydrogen-bond acceptors (Lipinski definition) is 7. The van der Waals surface area contributed by atoms with Gasteiger partial charge in [-0.15, -0.1) is 0 Å². The van der Waals surface area contributed by atoms with Gasteiger partial charge in [-0.1, -0.05) is 12.1 Å². The summed E-state index contributed by atoms with van der Waals surface area (Å²) in [6.45, 7) is 4.75. The molecule has 2 fully saturated rings. The summed E-state index contributed by atoms with van der Waals surface area (Å²) in [6, 6.07) is 18.5. The summed E-state index contributed by atoms with van der Waals surface area (Å²) < 4.78 is 0. The Hall–Kier alpha value is -3.49. The molecule has 0 unspecified atom stereocenters.